The minimum absolute atomic E-state index is 0.0470. The highest BCUT2D eigenvalue weighted by atomic mass is 35.5. The molecule has 18 heavy (non-hydrogen) atoms. The Morgan fingerprint density at radius 2 is 2.06 bits per heavy atom. The Morgan fingerprint density at radius 3 is 2.61 bits per heavy atom. The Hall–Kier alpha value is -0.900. The van der Waals surface area contributed by atoms with Crippen molar-refractivity contribution in [3.63, 3.8) is 0 Å². The van der Waals surface area contributed by atoms with Crippen molar-refractivity contribution in [1.82, 2.24) is 4.98 Å². The highest BCUT2D eigenvalue weighted by molar-refractivity contribution is 7.12. The van der Waals surface area contributed by atoms with Gasteiger partial charge in [0.15, 0.2) is 0 Å². The van der Waals surface area contributed by atoms with Gasteiger partial charge in [-0.3, -0.25) is 0 Å². The first-order valence-electron chi connectivity index (χ1n) is 5.88. The van der Waals surface area contributed by atoms with E-state index >= 15 is 0 Å². The van der Waals surface area contributed by atoms with E-state index in [1.807, 2.05) is 24.3 Å². The lowest BCUT2D eigenvalue weighted by Crippen LogP contribution is -2.10. The second kappa shape index (κ2) is 5.00. The van der Waals surface area contributed by atoms with Crippen LogP contribution in [0.25, 0.3) is 11.3 Å². The zero-order valence-electron chi connectivity index (χ0n) is 10.8. The van der Waals surface area contributed by atoms with Crippen molar-refractivity contribution < 1.29 is 0 Å². The Labute approximate surface area is 117 Å². The van der Waals surface area contributed by atoms with E-state index < -0.39 is 0 Å². The molecule has 4 heteroatoms. The fourth-order valence-corrected chi connectivity index (χ4v) is 2.88. The zero-order valence-corrected chi connectivity index (χ0v) is 12.4. The van der Waals surface area contributed by atoms with Gasteiger partial charge in [0.2, 0.25) is 0 Å². The van der Waals surface area contributed by atoms with E-state index in [0.29, 0.717) is 6.54 Å². The van der Waals surface area contributed by atoms with E-state index in [0.717, 1.165) is 26.2 Å². The SMILES string of the molecule is CC(C)(C)c1nc(-c2cccc(Cl)c2)c(CN)s1. The first kappa shape index (κ1) is 13.5. The van der Waals surface area contributed by atoms with Crippen LogP contribution < -0.4 is 5.73 Å². The highest BCUT2D eigenvalue weighted by Crippen LogP contribution is 2.34. The molecule has 2 aromatic rings. The van der Waals surface area contributed by atoms with Gasteiger partial charge in [0, 0.05) is 27.4 Å². The van der Waals surface area contributed by atoms with Crippen LogP contribution >= 0.6 is 22.9 Å². The van der Waals surface area contributed by atoms with Crippen molar-refractivity contribution in [2.45, 2.75) is 32.7 Å². The van der Waals surface area contributed by atoms with Crippen LogP contribution in [0.1, 0.15) is 30.7 Å². The molecule has 0 spiro atoms. The third kappa shape index (κ3) is 2.74. The summed E-state index contributed by atoms with van der Waals surface area (Å²) in [6.07, 6.45) is 0. The van der Waals surface area contributed by atoms with Gasteiger partial charge in [-0.25, -0.2) is 4.98 Å². The van der Waals surface area contributed by atoms with Gasteiger partial charge < -0.3 is 5.73 Å². The lowest BCUT2D eigenvalue weighted by atomic mass is 9.98. The lowest BCUT2D eigenvalue weighted by Gasteiger charge is -2.13. The molecule has 0 aliphatic heterocycles. The molecule has 0 aliphatic rings. The average Bonchev–Trinajstić information content (AvgIpc) is 2.72. The summed E-state index contributed by atoms with van der Waals surface area (Å²) in [5.41, 5.74) is 7.87. The van der Waals surface area contributed by atoms with Gasteiger partial charge in [-0.1, -0.05) is 44.5 Å². The molecule has 0 aliphatic carbocycles. The molecule has 0 saturated carbocycles. The van der Waals surface area contributed by atoms with Crippen LogP contribution in [0, 0.1) is 0 Å². The maximum atomic E-state index is 6.03. The van der Waals surface area contributed by atoms with E-state index in [1.165, 1.54) is 0 Å². The van der Waals surface area contributed by atoms with E-state index in [-0.39, 0.29) is 5.41 Å². The van der Waals surface area contributed by atoms with Gasteiger partial charge in [0.25, 0.3) is 0 Å². The molecule has 1 aromatic carbocycles. The van der Waals surface area contributed by atoms with Crippen LogP contribution in [0.15, 0.2) is 24.3 Å². The Balaban J connectivity index is 2.54. The standard InChI is InChI=1S/C14H17ClN2S/c1-14(2,3)13-17-12(11(8-16)18-13)9-5-4-6-10(15)7-9/h4-7H,8,16H2,1-3H3. The molecule has 0 amide bonds. The van der Waals surface area contributed by atoms with Crippen LogP contribution in [0.4, 0.5) is 0 Å². The van der Waals surface area contributed by atoms with Crippen molar-refractivity contribution in [1.29, 1.82) is 0 Å². The maximum Gasteiger partial charge on any atom is 0.0989 e. The molecule has 0 radical (unpaired) electrons. The smallest absolute Gasteiger partial charge is 0.0989 e. The molecule has 0 unspecified atom stereocenters. The van der Waals surface area contributed by atoms with Crippen LogP contribution in [-0.2, 0) is 12.0 Å². The number of benzene rings is 1. The van der Waals surface area contributed by atoms with E-state index in [2.05, 4.69) is 20.8 Å². The Morgan fingerprint density at radius 1 is 1.33 bits per heavy atom. The summed E-state index contributed by atoms with van der Waals surface area (Å²) in [5.74, 6) is 0. The number of nitrogens with zero attached hydrogens (tertiary/aromatic N) is 1. The molecule has 0 saturated heterocycles. The third-order valence-electron chi connectivity index (χ3n) is 2.62. The van der Waals surface area contributed by atoms with Gasteiger partial charge in [0.1, 0.15) is 0 Å². The van der Waals surface area contributed by atoms with E-state index in [4.69, 9.17) is 22.3 Å². The van der Waals surface area contributed by atoms with Gasteiger partial charge in [-0.05, 0) is 12.1 Å². The number of aromatic nitrogens is 1. The summed E-state index contributed by atoms with van der Waals surface area (Å²) in [5, 5.41) is 1.83. The quantitative estimate of drug-likeness (QED) is 0.894. The number of hydrogen-bond donors (Lipinski definition) is 1. The summed E-state index contributed by atoms with van der Waals surface area (Å²) >= 11 is 7.72. The predicted octanol–water partition coefficient (Wildman–Crippen LogP) is 4.22. The summed E-state index contributed by atoms with van der Waals surface area (Å²) in [4.78, 5) is 5.86. The molecule has 1 aromatic heterocycles. The first-order valence-corrected chi connectivity index (χ1v) is 7.07. The maximum absolute atomic E-state index is 6.03. The molecule has 2 rings (SSSR count). The molecule has 0 fully saturated rings. The van der Waals surface area contributed by atoms with Crippen molar-refractivity contribution in [3.05, 3.63) is 39.2 Å². The van der Waals surface area contributed by atoms with Crippen molar-refractivity contribution in [3.8, 4) is 11.3 Å². The number of thiazole rings is 1. The zero-order chi connectivity index (χ0) is 13.3. The summed E-state index contributed by atoms with van der Waals surface area (Å²) < 4.78 is 0. The third-order valence-corrected chi connectivity index (χ3v) is 4.36. The molecule has 2 N–H and O–H groups in total. The number of halogens is 1. The topological polar surface area (TPSA) is 38.9 Å². The van der Waals surface area contributed by atoms with Crippen LogP contribution in [0.5, 0.6) is 0 Å². The number of rotatable bonds is 2. The largest absolute Gasteiger partial charge is 0.326 e. The highest BCUT2D eigenvalue weighted by Gasteiger charge is 2.21. The molecule has 2 nitrogen and oxygen atoms in total. The minimum Gasteiger partial charge on any atom is -0.326 e. The number of nitrogens with two attached hydrogens (primary N) is 1. The van der Waals surface area contributed by atoms with Crippen LogP contribution in [0.2, 0.25) is 5.02 Å². The normalized spacial score (nSPS) is 11.8. The molecule has 1 heterocycles. The summed E-state index contributed by atoms with van der Waals surface area (Å²) in [6, 6.07) is 7.76. The second-order valence-electron chi connectivity index (χ2n) is 5.26. The van der Waals surface area contributed by atoms with Gasteiger partial charge >= 0.3 is 0 Å². The molecular formula is C14H17ClN2S. The molecule has 0 bridgehead atoms. The van der Waals surface area contributed by atoms with Crippen LogP contribution in [-0.4, -0.2) is 4.98 Å². The number of hydrogen-bond acceptors (Lipinski definition) is 3. The average molecular weight is 281 g/mol. The van der Waals surface area contributed by atoms with Crippen molar-refractivity contribution >= 4 is 22.9 Å². The Kier molecular flexibility index (Phi) is 3.76. The summed E-state index contributed by atoms with van der Waals surface area (Å²) in [7, 11) is 0. The Bertz CT molecular complexity index is 555. The second-order valence-corrected chi connectivity index (χ2v) is 6.78. The van der Waals surface area contributed by atoms with Gasteiger partial charge in [-0.2, -0.15) is 0 Å². The van der Waals surface area contributed by atoms with Crippen LogP contribution in [0.3, 0.4) is 0 Å². The van der Waals surface area contributed by atoms with Gasteiger partial charge in [0.05, 0.1) is 10.7 Å². The van der Waals surface area contributed by atoms with Crippen molar-refractivity contribution in [2.24, 2.45) is 5.73 Å². The first-order chi connectivity index (χ1) is 8.41. The monoisotopic (exact) mass is 280 g/mol. The van der Waals surface area contributed by atoms with E-state index in [9.17, 15) is 0 Å². The fraction of sp³-hybridized carbons (Fsp3) is 0.357. The fourth-order valence-electron chi connectivity index (χ4n) is 1.67. The summed E-state index contributed by atoms with van der Waals surface area (Å²) in [6.45, 7) is 6.99. The van der Waals surface area contributed by atoms with Gasteiger partial charge in [-0.15, -0.1) is 11.3 Å². The lowest BCUT2D eigenvalue weighted by molar-refractivity contribution is 0.586. The molecular weight excluding hydrogens is 264 g/mol. The van der Waals surface area contributed by atoms with Crippen molar-refractivity contribution in [2.75, 3.05) is 0 Å². The molecule has 0 atom stereocenters. The van der Waals surface area contributed by atoms with E-state index in [1.54, 1.807) is 11.3 Å². The minimum atomic E-state index is 0.0470. The molecule has 96 valence electrons. The predicted molar refractivity (Wildman–Crippen MR) is 79.2 cm³/mol.